The molecule has 110 valence electrons. The van der Waals surface area contributed by atoms with E-state index in [9.17, 15) is 4.79 Å². The molecule has 0 spiro atoms. The van der Waals surface area contributed by atoms with E-state index in [4.69, 9.17) is 5.11 Å². The Kier molecular flexibility index (Phi) is 5.56. The fraction of sp³-hybridized carbons (Fsp3) is 0.562. The van der Waals surface area contributed by atoms with Crippen LogP contribution in [0.1, 0.15) is 42.1 Å². The Bertz CT molecular complexity index is 425. The molecule has 1 heterocycles. The first-order valence-electron chi connectivity index (χ1n) is 7.44. The molecule has 0 saturated carbocycles. The van der Waals surface area contributed by atoms with Crippen molar-refractivity contribution in [3.05, 3.63) is 35.4 Å². The molecule has 1 aliphatic heterocycles. The lowest BCUT2D eigenvalue weighted by Gasteiger charge is -2.32. The summed E-state index contributed by atoms with van der Waals surface area (Å²) in [4.78, 5) is 13.3. The fourth-order valence-electron chi connectivity index (χ4n) is 2.68. The summed E-state index contributed by atoms with van der Waals surface area (Å²) in [7, 11) is 0. The molecule has 20 heavy (non-hydrogen) atoms. The number of carbonyl (C=O) groups is 1. The van der Waals surface area contributed by atoms with Gasteiger partial charge in [-0.05, 0) is 50.6 Å². The van der Waals surface area contributed by atoms with Crippen LogP contribution in [0.3, 0.4) is 0 Å². The third kappa shape index (κ3) is 4.32. The molecule has 1 fully saturated rings. The minimum Gasteiger partial charge on any atom is -0.478 e. The van der Waals surface area contributed by atoms with E-state index in [1.807, 2.05) is 12.1 Å². The van der Waals surface area contributed by atoms with Crippen molar-refractivity contribution in [1.82, 2.24) is 10.2 Å². The standard InChI is InChI=1S/C16H24N2O2/c1-13(18-9-3-2-4-10-18)11-17-12-14-5-7-15(8-6-14)16(19)20/h5-8,13,17H,2-4,9-12H2,1H3,(H,19,20). The summed E-state index contributed by atoms with van der Waals surface area (Å²) in [6.07, 6.45) is 4.01. The maximum absolute atomic E-state index is 10.8. The Labute approximate surface area is 120 Å². The summed E-state index contributed by atoms with van der Waals surface area (Å²) in [5.41, 5.74) is 1.47. The Morgan fingerprint density at radius 1 is 1.25 bits per heavy atom. The summed E-state index contributed by atoms with van der Waals surface area (Å²) in [6, 6.07) is 7.64. The van der Waals surface area contributed by atoms with E-state index in [1.54, 1.807) is 12.1 Å². The number of carboxylic acids is 1. The molecule has 0 aromatic heterocycles. The van der Waals surface area contributed by atoms with Crippen LogP contribution in [-0.2, 0) is 6.54 Å². The highest BCUT2D eigenvalue weighted by atomic mass is 16.4. The molecule has 2 rings (SSSR count). The molecular weight excluding hydrogens is 252 g/mol. The van der Waals surface area contributed by atoms with Gasteiger partial charge in [0.25, 0.3) is 0 Å². The number of carboxylic acid groups (broad SMARTS) is 1. The van der Waals surface area contributed by atoms with E-state index in [-0.39, 0.29) is 0 Å². The van der Waals surface area contributed by atoms with Crippen LogP contribution < -0.4 is 5.32 Å². The smallest absolute Gasteiger partial charge is 0.335 e. The quantitative estimate of drug-likeness (QED) is 0.837. The van der Waals surface area contributed by atoms with Crippen LogP contribution in [0.2, 0.25) is 0 Å². The molecule has 4 nitrogen and oxygen atoms in total. The molecule has 1 atom stereocenters. The molecule has 1 saturated heterocycles. The van der Waals surface area contributed by atoms with Crippen molar-refractivity contribution < 1.29 is 9.90 Å². The van der Waals surface area contributed by atoms with Gasteiger partial charge in [0.2, 0.25) is 0 Å². The second kappa shape index (κ2) is 7.41. The van der Waals surface area contributed by atoms with Crippen molar-refractivity contribution in [2.75, 3.05) is 19.6 Å². The molecule has 1 aliphatic rings. The van der Waals surface area contributed by atoms with Crippen molar-refractivity contribution in [2.24, 2.45) is 0 Å². The summed E-state index contributed by atoms with van der Waals surface area (Å²) in [5.74, 6) is -0.872. The van der Waals surface area contributed by atoms with Gasteiger partial charge in [0, 0.05) is 19.1 Å². The number of nitrogens with zero attached hydrogens (tertiary/aromatic N) is 1. The molecule has 0 amide bonds. The van der Waals surface area contributed by atoms with Crippen LogP contribution in [0.5, 0.6) is 0 Å². The van der Waals surface area contributed by atoms with Crippen molar-refractivity contribution in [2.45, 2.75) is 38.8 Å². The number of hydrogen-bond donors (Lipinski definition) is 2. The van der Waals surface area contributed by atoms with Gasteiger partial charge >= 0.3 is 5.97 Å². The Balaban J connectivity index is 1.73. The first-order chi connectivity index (χ1) is 9.66. The largest absolute Gasteiger partial charge is 0.478 e. The zero-order valence-corrected chi connectivity index (χ0v) is 12.1. The molecule has 1 aromatic carbocycles. The number of aromatic carboxylic acids is 1. The zero-order valence-electron chi connectivity index (χ0n) is 12.1. The molecule has 0 radical (unpaired) electrons. The summed E-state index contributed by atoms with van der Waals surface area (Å²) >= 11 is 0. The van der Waals surface area contributed by atoms with Gasteiger partial charge in [-0.15, -0.1) is 0 Å². The van der Waals surface area contributed by atoms with Gasteiger partial charge in [-0.2, -0.15) is 0 Å². The molecule has 1 aromatic rings. The van der Waals surface area contributed by atoms with Gasteiger partial charge in [-0.25, -0.2) is 4.79 Å². The first-order valence-corrected chi connectivity index (χ1v) is 7.44. The lowest BCUT2D eigenvalue weighted by Crippen LogP contribution is -2.42. The topological polar surface area (TPSA) is 52.6 Å². The second-order valence-corrected chi connectivity index (χ2v) is 5.58. The third-order valence-corrected chi connectivity index (χ3v) is 3.98. The van der Waals surface area contributed by atoms with E-state index in [2.05, 4.69) is 17.1 Å². The maximum Gasteiger partial charge on any atom is 0.335 e. The fourth-order valence-corrected chi connectivity index (χ4v) is 2.68. The van der Waals surface area contributed by atoms with E-state index in [1.165, 1.54) is 32.4 Å². The van der Waals surface area contributed by atoms with Crippen molar-refractivity contribution >= 4 is 5.97 Å². The van der Waals surface area contributed by atoms with Gasteiger partial charge in [0.05, 0.1) is 5.56 Å². The van der Waals surface area contributed by atoms with Gasteiger partial charge in [0.15, 0.2) is 0 Å². The minimum absolute atomic E-state index is 0.343. The maximum atomic E-state index is 10.8. The SMILES string of the molecule is CC(CNCc1ccc(C(=O)O)cc1)N1CCCCC1. The Hall–Kier alpha value is -1.39. The normalized spacial score (nSPS) is 17.9. The van der Waals surface area contributed by atoms with Crippen LogP contribution in [0, 0.1) is 0 Å². The van der Waals surface area contributed by atoms with Crippen molar-refractivity contribution in [3.8, 4) is 0 Å². The molecule has 0 aliphatic carbocycles. The van der Waals surface area contributed by atoms with Gasteiger partial charge < -0.3 is 10.4 Å². The summed E-state index contributed by atoms with van der Waals surface area (Å²) < 4.78 is 0. The van der Waals surface area contributed by atoms with Crippen LogP contribution >= 0.6 is 0 Å². The number of piperidine rings is 1. The lowest BCUT2D eigenvalue weighted by atomic mass is 10.1. The Morgan fingerprint density at radius 2 is 1.90 bits per heavy atom. The minimum atomic E-state index is -0.872. The highest BCUT2D eigenvalue weighted by Gasteiger charge is 2.15. The number of hydrogen-bond acceptors (Lipinski definition) is 3. The molecule has 0 bridgehead atoms. The Morgan fingerprint density at radius 3 is 2.50 bits per heavy atom. The van der Waals surface area contributed by atoms with Gasteiger partial charge in [0.1, 0.15) is 0 Å². The molecule has 4 heteroatoms. The number of benzene rings is 1. The van der Waals surface area contributed by atoms with Crippen LogP contribution in [-0.4, -0.2) is 41.7 Å². The summed E-state index contributed by atoms with van der Waals surface area (Å²) in [5, 5.41) is 12.3. The monoisotopic (exact) mass is 276 g/mol. The average Bonchev–Trinajstić information content (AvgIpc) is 2.48. The van der Waals surface area contributed by atoms with E-state index in [0.29, 0.717) is 11.6 Å². The second-order valence-electron chi connectivity index (χ2n) is 5.58. The summed E-state index contributed by atoms with van der Waals surface area (Å²) in [6.45, 7) is 6.47. The first kappa shape index (κ1) is 15.0. The third-order valence-electron chi connectivity index (χ3n) is 3.98. The molecular formula is C16H24N2O2. The highest BCUT2D eigenvalue weighted by molar-refractivity contribution is 5.87. The average molecular weight is 276 g/mol. The van der Waals surface area contributed by atoms with E-state index < -0.39 is 5.97 Å². The van der Waals surface area contributed by atoms with Crippen LogP contribution in [0.4, 0.5) is 0 Å². The van der Waals surface area contributed by atoms with Crippen molar-refractivity contribution in [3.63, 3.8) is 0 Å². The predicted molar refractivity (Wildman–Crippen MR) is 80.0 cm³/mol. The number of nitrogens with one attached hydrogen (secondary N) is 1. The molecule has 1 unspecified atom stereocenters. The zero-order chi connectivity index (χ0) is 14.4. The van der Waals surface area contributed by atoms with Crippen LogP contribution in [0.15, 0.2) is 24.3 Å². The lowest BCUT2D eigenvalue weighted by molar-refractivity contribution is 0.0697. The highest BCUT2D eigenvalue weighted by Crippen LogP contribution is 2.11. The number of rotatable bonds is 6. The molecule has 2 N–H and O–H groups in total. The van der Waals surface area contributed by atoms with E-state index in [0.717, 1.165) is 18.7 Å². The predicted octanol–water partition coefficient (Wildman–Crippen LogP) is 2.35. The number of likely N-dealkylation sites (tertiary alicyclic amines) is 1. The van der Waals surface area contributed by atoms with Crippen LogP contribution in [0.25, 0.3) is 0 Å². The van der Waals surface area contributed by atoms with Crippen molar-refractivity contribution in [1.29, 1.82) is 0 Å². The van der Waals surface area contributed by atoms with E-state index >= 15 is 0 Å². The van der Waals surface area contributed by atoms with Gasteiger partial charge in [-0.1, -0.05) is 18.6 Å². The van der Waals surface area contributed by atoms with Gasteiger partial charge in [-0.3, -0.25) is 4.90 Å².